The van der Waals surface area contributed by atoms with Gasteiger partial charge in [0.1, 0.15) is 34.0 Å². The van der Waals surface area contributed by atoms with Gasteiger partial charge in [0.2, 0.25) is 0 Å². The van der Waals surface area contributed by atoms with Crippen LogP contribution in [0.15, 0.2) is 103 Å². The van der Waals surface area contributed by atoms with E-state index in [0.29, 0.717) is 45.0 Å². The third-order valence-electron chi connectivity index (χ3n) is 9.64. The number of carbonyl (C=O) groups is 2. The average Bonchev–Trinajstić information content (AvgIpc) is 3.51. The summed E-state index contributed by atoms with van der Waals surface area (Å²) >= 11 is 0. The largest absolute Gasteiger partial charge is 0.507 e. The number of aromatic hydroxyl groups is 2. The van der Waals surface area contributed by atoms with Gasteiger partial charge in [-0.3, -0.25) is 0 Å². The number of rotatable bonds is 9. The summed E-state index contributed by atoms with van der Waals surface area (Å²) in [6, 6.07) is 29.1. The first-order valence-corrected chi connectivity index (χ1v) is 16.9. The molecule has 0 fully saturated rings. The Hall–Kier alpha value is -6.28. The van der Waals surface area contributed by atoms with E-state index in [1.165, 1.54) is 24.3 Å². The number of aromatic carboxylic acids is 2. The molecule has 0 saturated carbocycles. The molecule has 0 bridgehead atoms. The van der Waals surface area contributed by atoms with Gasteiger partial charge in [0.25, 0.3) is 0 Å². The molecule has 0 aliphatic carbocycles. The van der Waals surface area contributed by atoms with E-state index in [0.717, 1.165) is 36.1 Å². The van der Waals surface area contributed by atoms with Crippen LogP contribution in [0.4, 0.5) is 10.1 Å². The Kier molecular flexibility index (Phi) is 10.4. The minimum atomic E-state index is -1.28. The Balaban J connectivity index is 0.000000185. The third-order valence-corrected chi connectivity index (χ3v) is 9.64. The first-order valence-electron chi connectivity index (χ1n) is 16.9. The predicted molar refractivity (Wildman–Crippen MR) is 200 cm³/mol. The molecule has 4 N–H and O–H groups in total. The van der Waals surface area contributed by atoms with Crippen molar-refractivity contribution in [3.63, 3.8) is 0 Å². The zero-order chi connectivity index (χ0) is 37.9. The van der Waals surface area contributed by atoms with Crippen LogP contribution in [0, 0.1) is 12.4 Å². The normalized spacial score (nSPS) is 14.8. The fourth-order valence-electron chi connectivity index (χ4n) is 7.08. The van der Waals surface area contributed by atoms with Gasteiger partial charge in [-0.2, -0.15) is 0 Å². The quantitative estimate of drug-likeness (QED) is 0.109. The summed E-state index contributed by atoms with van der Waals surface area (Å²) in [5.74, 6) is -3.60. The van der Waals surface area contributed by atoms with Crippen LogP contribution in [0.5, 0.6) is 11.5 Å². The van der Waals surface area contributed by atoms with Crippen LogP contribution >= 0.6 is 0 Å². The molecule has 0 radical (unpaired) electrons. The van der Waals surface area contributed by atoms with Crippen molar-refractivity contribution < 1.29 is 39.1 Å². The van der Waals surface area contributed by atoms with E-state index in [-0.39, 0.29) is 23.4 Å². The highest BCUT2D eigenvalue weighted by Crippen LogP contribution is 2.46. The van der Waals surface area contributed by atoms with Gasteiger partial charge in [-0.05, 0) is 96.0 Å². The first-order chi connectivity index (χ1) is 25.4. The molecule has 53 heavy (non-hydrogen) atoms. The van der Waals surface area contributed by atoms with E-state index < -0.39 is 29.0 Å². The molecule has 1 atom stereocenters. The van der Waals surface area contributed by atoms with Gasteiger partial charge in [0, 0.05) is 17.5 Å². The number of hydrogen-bond acceptors (Lipinski definition) is 6. The number of nitrogens with zero attached hydrogens (tertiary/aromatic N) is 2. The summed E-state index contributed by atoms with van der Waals surface area (Å²) in [4.78, 5) is 28.9. The molecule has 9 nitrogen and oxygen atoms in total. The highest BCUT2D eigenvalue weighted by Gasteiger charge is 2.41. The number of benzene rings is 6. The maximum Gasteiger partial charge on any atom is 0.339 e. The molecule has 0 aromatic heterocycles. The van der Waals surface area contributed by atoms with Crippen molar-refractivity contribution in [2.45, 2.75) is 31.5 Å². The molecular weight excluding hydrogens is 675 g/mol. The second-order valence-corrected chi connectivity index (χ2v) is 13.2. The van der Waals surface area contributed by atoms with Crippen LogP contribution < -0.4 is 0 Å². The second-order valence-electron chi connectivity index (χ2n) is 13.2. The lowest BCUT2D eigenvalue weighted by Gasteiger charge is -2.31. The van der Waals surface area contributed by atoms with Gasteiger partial charge >= 0.3 is 11.9 Å². The summed E-state index contributed by atoms with van der Waals surface area (Å²) < 4.78 is 19.6. The van der Waals surface area contributed by atoms with Crippen molar-refractivity contribution in [3.05, 3.63) is 159 Å². The fraction of sp³-hybridized carbons (Fsp3) is 0.186. The molecule has 0 amide bonds. The highest BCUT2D eigenvalue weighted by atomic mass is 19.1. The van der Waals surface area contributed by atoms with E-state index in [1.54, 1.807) is 48.5 Å². The SMILES string of the molecule is O=C(O)c1cc2ccccc2c(Cc2c(O)c(C(=O)O)cc3ccccc23)c1O.[C-]#[N+]c1ccc2c(c1)CO[C@@]2(CCCN(C)C)c1ccc(F)cc1. The van der Waals surface area contributed by atoms with Crippen molar-refractivity contribution in [3.8, 4) is 11.5 Å². The van der Waals surface area contributed by atoms with Gasteiger partial charge in [0.05, 0.1) is 13.2 Å². The Morgan fingerprint density at radius 2 is 1.36 bits per heavy atom. The van der Waals surface area contributed by atoms with E-state index in [1.807, 2.05) is 30.3 Å². The Morgan fingerprint density at radius 1 is 0.811 bits per heavy atom. The van der Waals surface area contributed by atoms with E-state index in [4.69, 9.17) is 11.3 Å². The van der Waals surface area contributed by atoms with Gasteiger partial charge in [0.15, 0.2) is 5.69 Å². The van der Waals surface area contributed by atoms with Gasteiger partial charge in [-0.15, -0.1) is 0 Å². The molecule has 6 aromatic rings. The van der Waals surface area contributed by atoms with Crippen LogP contribution in [0.25, 0.3) is 26.4 Å². The summed E-state index contributed by atoms with van der Waals surface area (Å²) in [6.45, 7) is 8.63. The summed E-state index contributed by atoms with van der Waals surface area (Å²) in [5, 5.41) is 42.8. The molecular formula is C43H37FN2O7. The van der Waals surface area contributed by atoms with Crippen LogP contribution in [-0.2, 0) is 23.4 Å². The summed E-state index contributed by atoms with van der Waals surface area (Å²) in [7, 11) is 4.10. The lowest BCUT2D eigenvalue weighted by molar-refractivity contribution is -0.0140. The first kappa shape index (κ1) is 36.5. The van der Waals surface area contributed by atoms with E-state index >= 15 is 0 Å². The van der Waals surface area contributed by atoms with Crippen molar-refractivity contribution in [2.24, 2.45) is 0 Å². The van der Waals surface area contributed by atoms with Crippen LogP contribution in [0.2, 0.25) is 0 Å². The number of carboxylic acid groups (broad SMARTS) is 2. The standard InChI is InChI=1S/C23H16O6.C20H21FN2O/c24-20-16(14-7-3-1-5-12(14)9-18(20)22(26)27)11-17-15-8-4-2-6-13(15)10-19(21(17)25)23(28)29;1-22-18-9-10-19-15(13-18)14-24-20(19,11-4-12-23(2)3)16-5-7-17(21)8-6-16/h1-10,24-25H,11H2,(H,26,27)(H,28,29);5-10,13H,4,11-12,14H2,2-3H3/t;20-/m.0/s1. The zero-order valence-corrected chi connectivity index (χ0v) is 29.1. The van der Waals surface area contributed by atoms with Crippen molar-refractivity contribution >= 4 is 39.2 Å². The molecule has 1 aliphatic heterocycles. The lowest BCUT2D eigenvalue weighted by atomic mass is 9.82. The molecule has 0 unspecified atom stereocenters. The Morgan fingerprint density at radius 3 is 1.87 bits per heavy atom. The minimum Gasteiger partial charge on any atom is -0.507 e. The second kappa shape index (κ2) is 15.1. The van der Waals surface area contributed by atoms with Gasteiger partial charge in [-0.1, -0.05) is 78.9 Å². The molecule has 7 rings (SSSR count). The monoisotopic (exact) mass is 712 g/mol. The van der Waals surface area contributed by atoms with Crippen LogP contribution in [0.1, 0.15) is 61.4 Å². The highest BCUT2D eigenvalue weighted by molar-refractivity contribution is 6.02. The molecule has 1 heterocycles. The minimum absolute atomic E-state index is 0.0407. The fourth-order valence-corrected chi connectivity index (χ4v) is 7.08. The van der Waals surface area contributed by atoms with E-state index in [9.17, 15) is 34.4 Å². The van der Waals surface area contributed by atoms with Crippen LogP contribution in [0.3, 0.4) is 0 Å². The van der Waals surface area contributed by atoms with E-state index in [2.05, 4.69) is 23.8 Å². The van der Waals surface area contributed by atoms with Crippen molar-refractivity contribution in [2.75, 3.05) is 20.6 Å². The summed E-state index contributed by atoms with van der Waals surface area (Å²) in [6.07, 6.45) is 1.75. The topological polar surface area (TPSA) is 132 Å². The number of halogens is 1. The van der Waals surface area contributed by atoms with Gasteiger partial charge in [-0.25, -0.2) is 18.8 Å². The third kappa shape index (κ3) is 7.26. The zero-order valence-electron chi connectivity index (χ0n) is 29.1. The summed E-state index contributed by atoms with van der Waals surface area (Å²) in [5.41, 5.74) is 3.30. The van der Waals surface area contributed by atoms with Crippen molar-refractivity contribution in [1.29, 1.82) is 0 Å². The lowest BCUT2D eigenvalue weighted by Crippen LogP contribution is -2.28. The predicted octanol–water partition coefficient (Wildman–Crippen LogP) is 8.88. The molecule has 6 aromatic carbocycles. The van der Waals surface area contributed by atoms with Crippen molar-refractivity contribution in [1.82, 2.24) is 4.90 Å². The average molecular weight is 713 g/mol. The number of fused-ring (bicyclic) bond motifs is 3. The maximum absolute atomic E-state index is 13.4. The van der Waals surface area contributed by atoms with Gasteiger partial charge < -0.3 is 30.1 Å². The molecule has 268 valence electrons. The smallest absolute Gasteiger partial charge is 0.339 e. The molecule has 0 spiro atoms. The molecule has 1 aliphatic rings. The van der Waals surface area contributed by atoms with Crippen LogP contribution in [-0.4, -0.2) is 57.9 Å². The number of phenols is 2. The number of ether oxygens (including phenoxy) is 1. The molecule has 10 heteroatoms. The number of hydrogen-bond donors (Lipinski definition) is 4. The maximum atomic E-state index is 13.4. The number of carboxylic acids is 2. The Bertz CT molecular complexity index is 2300. The Labute approximate surface area is 305 Å². The molecule has 0 saturated heterocycles.